The summed E-state index contributed by atoms with van der Waals surface area (Å²) in [6.07, 6.45) is -4.17. The van der Waals surface area contributed by atoms with Crippen molar-refractivity contribution in [2.45, 2.75) is 13.1 Å². The summed E-state index contributed by atoms with van der Waals surface area (Å²) in [6, 6.07) is 0. The largest absolute Gasteiger partial charge is 0.401 e. The first-order valence-corrected chi connectivity index (χ1v) is 4.56. The predicted molar refractivity (Wildman–Crippen MR) is 48.0 cm³/mol. The number of nitrogens with two attached hydrogens (primary N) is 1. The van der Waals surface area contributed by atoms with Gasteiger partial charge in [-0.25, -0.2) is 0 Å². The van der Waals surface area contributed by atoms with E-state index in [1.807, 2.05) is 0 Å². The molecule has 0 spiro atoms. The molecule has 3 nitrogen and oxygen atoms in total. The van der Waals surface area contributed by atoms with E-state index in [0.717, 1.165) is 0 Å². The van der Waals surface area contributed by atoms with Crippen LogP contribution in [0.15, 0.2) is 0 Å². The van der Waals surface area contributed by atoms with Crippen LogP contribution in [0.25, 0.3) is 0 Å². The third-order valence-corrected chi connectivity index (χ3v) is 1.60. The lowest BCUT2D eigenvalue weighted by molar-refractivity contribution is -0.146. The van der Waals surface area contributed by atoms with Crippen molar-refractivity contribution in [2.75, 3.05) is 39.4 Å². The Labute approximate surface area is 82.0 Å². The maximum absolute atomic E-state index is 12.0. The molecule has 0 rings (SSSR count). The molecule has 86 valence electrons. The highest BCUT2D eigenvalue weighted by molar-refractivity contribution is 4.63. The van der Waals surface area contributed by atoms with E-state index in [9.17, 15) is 13.2 Å². The van der Waals surface area contributed by atoms with Gasteiger partial charge in [-0.15, -0.1) is 0 Å². The number of rotatable bonds is 7. The summed E-state index contributed by atoms with van der Waals surface area (Å²) in [6.45, 7) is 2.45. The minimum Gasteiger partial charge on any atom is -0.380 e. The molecule has 0 bridgehead atoms. The number of nitrogens with zero attached hydrogens (tertiary/aromatic N) is 1. The SMILES string of the molecule is CCOCCN(CCN)CC(F)(F)F. The van der Waals surface area contributed by atoms with E-state index in [4.69, 9.17) is 10.5 Å². The summed E-state index contributed by atoms with van der Waals surface area (Å²) in [7, 11) is 0. The topological polar surface area (TPSA) is 38.5 Å². The Bertz CT molecular complexity index is 141. The van der Waals surface area contributed by atoms with Crippen molar-refractivity contribution in [1.82, 2.24) is 4.90 Å². The Hall–Kier alpha value is -0.330. The molecule has 0 aromatic rings. The Morgan fingerprint density at radius 3 is 2.36 bits per heavy atom. The van der Waals surface area contributed by atoms with Crippen LogP contribution in [0.2, 0.25) is 0 Å². The van der Waals surface area contributed by atoms with Crippen molar-refractivity contribution >= 4 is 0 Å². The zero-order chi connectivity index (χ0) is 11.0. The number of hydrogen-bond acceptors (Lipinski definition) is 3. The molecule has 6 heteroatoms. The van der Waals surface area contributed by atoms with E-state index in [0.29, 0.717) is 13.2 Å². The number of hydrogen-bond donors (Lipinski definition) is 1. The third kappa shape index (κ3) is 8.28. The van der Waals surface area contributed by atoms with E-state index in [-0.39, 0.29) is 19.6 Å². The van der Waals surface area contributed by atoms with Gasteiger partial charge < -0.3 is 10.5 Å². The Morgan fingerprint density at radius 2 is 1.93 bits per heavy atom. The zero-order valence-electron chi connectivity index (χ0n) is 8.31. The quantitative estimate of drug-likeness (QED) is 0.638. The summed E-state index contributed by atoms with van der Waals surface area (Å²) in [4.78, 5) is 1.25. The summed E-state index contributed by atoms with van der Waals surface area (Å²) in [5, 5.41) is 0. The fourth-order valence-electron chi connectivity index (χ4n) is 1.04. The maximum Gasteiger partial charge on any atom is 0.401 e. The highest BCUT2D eigenvalue weighted by Gasteiger charge is 2.30. The van der Waals surface area contributed by atoms with Crippen LogP contribution >= 0.6 is 0 Å². The molecule has 0 amide bonds. The van der Waals surface area contributed by atoms with E-state index >= 15 is 0 Å². The van der Waals surface area contributed by atoms with Crippen molar-refractivity contribution in [2.24, 2.45) is 5.73 Å². The first-order chi connectivity index (χ1) is 6.49. The van der Waals surface area contributed by atoms with Crippen molar-refractivity contribution in [3.63, 3.8) is 0 Å². The van der Waals surface area contributed by atoms with Gasteiger partial charge in [0.25, 0.3) is 0 Å². The molecule has 0 aromatic carbocycles. The van der Waals surface area contributed by atoms with Gasteiger partial charge in [0, 0.05) is 26.2 Å². The number of alkyl halides is 3. The van der Waals surface area contributed by atoms with E-state index in [2.05, 4.69) is 0 Å². The second-order valence-electron chi connectivity index (χ2n) is 2.88. The summed E-state index contributed by atoms with van der Waals surface area (Å²) < 4.78 is 41.0. The summed E-state index contributed by atoms with van der Waals surface area (Å²) in [5.74, 6) is 0. The maximum atomic E-state index is 12.0. The zero-order valence-corrected chi connectivity index (χ0v) is 8.31. The predicted octanol–water partition coefficient (Wildman–Crippen LogP) is 0.846. The molecule has 0 saturated carbocycles. The van der Waals surface area contributed by atoms with Crippen molar-refractivity contribution in [3.05, 3.63) is 0 Å². The summed E-state index contributed by atoms with van der Waals surface area (Å²) in [5.41, 5.74) is 5.20. The van der Waals surface area contributed by atoms with E-state index in [1.165, 1.54) is 4.90 Å². The van der Waals surface area contributed by atoms with Gasteiger partial charge in [-0.1, -0.05) is 0 Å². The second kappa shape index (κ2) is 7.03. The molecule has 0 heterocycles. The van der Waals surface area contributed by atoms with Gasteiger partial charge in [-0.05, 0) is 6.92 Å². The lowest BCUT2D eigenvalue weighted by Crippen LogP contribution is -2.39. The second-order valence-corrected chi connectivity index (χ2v) is 2.88. The van der Waals surface area contributed by atoms with Gasteiger partial charge in [0.05, 0.1) is 13.2 Å². The average molecular weight is 214 g/mol. The number of halogens is 3. The van der Waals surface area contributed by atoms with Gasteiger partial charge in [-0.3, -0.25) is 4.90 Å². The minimum atomic E-state index is -4.17. The summed E-state index contributed by atoms with van der Waals surface area (Å²) >= 11 is 0. The lowest BCUT2D eigenvalue weighted by Gasteiger charge is -2.22. The molecular formula is C8H17F3N2O. The van der Waals surface area contributed by atoms with Gasteiger partial charge in [0.2, 0.25) is 0 Å². The normalized spacial score (nSPS) is 12.4. The van der Waals surface area contributed by atoms with E-state index < -0.39 is 12.7 Å². The molecule has 14 heavy (non-hydrogen) atoms. The molecule has 0 fully saturated rings. The highest BCUT2D eigenvalue weighted by atomic mass is 19.4. The van der Waals surface area contributed by atoms with Crippen LogP contribution in [0.4, 0.5) is 13.2 Å². The Kier molecular flexibility index (Phi) is 6.86. The smallest absolute Gasteiger partial charge is 0.380 e. The van der Waals surface area contributed by atoms with Crippen LogP contribution in [0.3, 0.4) is 0 Å². The van der Waals surface area contributed by atoms with Crippen molar-refractivity contribution in [3.8, 4) is 0 Å². The average Bonchev–Trinajstić information content (AvgIpc) is 2.02. The monoisotopic (exact) mass is 214 g/mol. The van der Waals surface area contributed by atoms with Crippen LogP contribution < -0.4 is 5.73 Å². The molecular weight excluding hydrogens is 197 g/mol. The molecule has 0 aliphatic carbocycles. The van der Waals surface area contributed by atoms with Crippen LogP contribution in [-0.2, 0) is 4.74 Å². The standard InChI is InChI=1S/C8H17F3N2O/c1-2-14-6-5-13(4-3-12)7-8(9,10)11/h2-7,12H2,1H3. The first kappa shape index (κ1) is 13.7. The fraction of sp³-hybridized carbons (Fsp3) is 1.00. The first-order valence-electron chi connectivity index (χ1n) is 4.56. The number of ether oxygens (including phenoxy) is 1. The molecule has 0 atom stereocenters. The molecule has 0 unspecified atom stereocenters. The molecule has 0 aliphatic heterocycles. The van der Waals surface area contributed by atoms with Gasteiger partial charge in [0.1, 0.15) is 0 Å². The molecule has 0 saturated heterocycles. The highest BCUT2D eigenvalue weighted by Crippen LogP contribution is 2.15. The van der Waals surface area contributed by atoms with E-state index in [1.54, 1.807) is 6.92 Å². The van der Waals surface area contributed by atoms with Crippen LogP contribution in [-0.4, -0.2) is 50.5 Å². The van der Waals surface area contributed by atoms with Gasteiger partial charge in [0.15, 0.2) is 0 Å². The lowest BCUT2D eigenvalue weighted by atomic mass is 10.4. The fourth-order valence-corrected chi connectivity index (χ4v) is 1.04. The molecule has 0 aliphatic rings. The van der Waals surface area contributed by atoms with Crippen LogP contribution in [0.1, 0.15) is 6.92 Å². The third-order valence-electron chi connectivity index (χ3n) is 1.60. The van der Waals surface area contributed by atoms with Crippen molar-refractivity contribution in [1.29, 1.82) is 0 Å². The Balaban J connectivity index is 3.77. The molecule has 2 N–H and O–H groups in total. The van der Waals surface area contributed by atoms with Gasteiger partial charge in [-0.2, -0.15) is 13.2 Å². The molecule has 0 radical (unpaired) electrons. The van der Waals surface area contributed by atoms with Gasteiger partial charge >= 0.3 is 6.18 Å². The minimum absolute atomic E-state index is 0.224. The Morgan fingerprint density at radius 1 is 1.29 bits per heavy atom. The van der Waals surface area contributed by atoms with Crippen molar-refractivity contribution < 1.29 is 17.9 Å². The van der Waals surface area contributed by atoms with Crippen LogP contribution in [0.5, 0.6) is 0 Å². The molecule has 0 aromatic heterocycles. The van der Waals surface area contributed by atoms with Crippen LogP contribution in [0, 0.1) is 0 Å².